The van der Waals surface area contributed by atoms with Gasteiger partial charge in [-0.25, -0.2) is 8.42 Å². The van der Waals surface area contributed by atoms with E-state index in [4.69, 9.17) is 0 Å². The van der Waals surface area contributed by atoms with Crippen LogP contribution in [0, 0.1) is 0 Å². The zero-order chi connectivity index (χ0) is 18.6. The molecule has 2 aromatic rings. The van der Waals surface area contributed by atoms with E-state index in [1.54, 1.807) is 24.3 Å². The number of benzene rings is 2. The standard InChI is InChI=1S/C20H24N2O3S/c1-16(8-9-17-6-3-2-4-7-17)21-20(23)18-10-12-19(13-11-18)22-14-5-15-26(22,24)25/h2-4,6-7,10-13,16H,5,8-9,14-15H2,1H3,(H,21,23)/t16-/m1/s1. The SMILES string of the molecule is C[C@H](CCc1ccccc1)NC(=O)c1ccc(N2CCCS2(=O)=O)cc1. The van der Waals surface area contributed by atoms with Gasteiger partial charge in [0.1, 0.15) is 0 Å². The van der Waals surface area contributed by atoms with Crippen molar-refractivity contribution in [3.8, 4) is 0 Å². The molecule has 0 unspecified atom stereocenters. The summed E-state index contributed by atoms with van der Waals surface area (Å²) in [5.41, 5.74) is 2.41. The fraction of sp³-hybridized carbons (Fsp3) is 0.350. The second-order valence-corrected chi connectivity index (χ2v) is 8.70. The monoisotopic (exact) mass is 372 g/mol. The van der Waals surface area contributed by atoms with E-state index in [9.17, 15) is 13.2 Å². The summed E-state index contributed by atoms with van der Waals surface area (Å²) >= 11 is 0. The van der Waals surface area contributed by atoms with Crippen molar-refractivity contribution in [1.29, 1.82) is 0 Å². The van der Waals surface area contributed by atoms with E-state index in [0.29, 0.717) is 24.2 Å². The minimum atomic E-state index is -3.19. The molecule has 0 aliphatic carbocycles. The molecule has 1 saturated heterocycles. The van der Waals surface area contributed by atoms with Crippen LogP contribution in [0.3, 0.4) is 0 Å². The Morgan fingerprint density at radius 1 is 1.12 bits per heavy atom. The molecule has 0 spiro atoms. The van der Waals surface area contributed by atoms with Gasteiger partial charge < -0.3 is 5.32 Å². The maximum absolute atomic E-state index is 12.4. The van der Waals surface area contributed by atoms with Gasteiger partial charge >= 0.3 is 0 Å². The number of nitrogens with zero attached hydrogens (tertiary/aromatic N) is 1. The van der Waals surface area contributed by atoms with Crippen molar-refractivity contribution in [2.24, 2.45) is 0 Å². The molecule has 0 aromatic heterocycles. The van der Waals surface area contributed by atoms with Crippen LogP contribution in [0.15, 0.2) is 54.6 Å². The zero-order valence-electron chi connectivity index (χ0n) is 14.9. The van der Waals surface area contributed by atoms with Gasteiger partial charge in [-0.2, -0.15) is 0 Å². The molecule has 5 nitrogen and oxygen atoms in total. The minimum absolute atomic E-state index is 0.0568. The third kappa shape index (κ3) is 4.43. The lowest BCUT2D eigenvalue weighted by atomic mass is 10.1. The maximum Gasteiger partial charge on any atom is 0.251 e. The van der Waals surface area contributed by atoms with Crippen molar-refractivity contribution in [3.05, 3.63) is 65.7 Å². The van der Waals surface area contributed by atoms with Crippen molar-refractivity contribution in [2.45, 2.75) is 32.2 Å². The molecule has 1 fully saturated rings. The molecule has 0 saturated carbocycles. The molecule has 1 heterocycles. The number of nitrogens with one attached hydrogen (secondary N) is 1. The number of rotatable bonds is 6. The van der Waals surface area contributed by atoms with Gasteiger partial charge in [-0.3, -0.25) is 9.10 Å². The average Bonchev–Trinajstić information content (AvgIpc) is 3.00. The number of carbonyl (C=O) groups excluding carboxylic acids is 1. The van der Waals surface area contributed by atoms with Gasteiger partial charge in [-0.15, -0.1) is 0 Å². The highest BCUT2D eigenvalue weighted by molar-refractivity contribution is 7.93. The Balaban J connectivity index is 1.56. The Morgan fingerprint density at radius 2 is 1.81 bits per heavy atom. The lowest BCUT2D eigenvalue weighted by molar-refractivity contribution is 0.0938. The Hall–Kier alpha value is -2.34. The highest BCUT2D eigenvalue weighted by Crippen LogP contribution is 2.24. The van der Waals surface area contributed by atoms with Crippen molar-refractivity contribution in [1.82, 2.24) is 5.32 Å². The summed E-state index contributed by atoms with van der Waals surface area (Å²) in [4.78, 5) is 12.4. The van der Waals surface area contributed by atoms with E-state index in [0.717, 1.165) is 12.8 Å². The second kappa shape index (κ2) is 7.91. The van der Waals surface area contributed by atoms with Crippen LogP contribution in [0.2, 0.25) is 0 Å². The fourth-order valence-corrected chi connectivity index (χ4v) is 4.68. The number of sulfonamides is 1. The third-order valence-electron chi connectivity index (χ3n) is 4.60. The average molecular weight is 372 g/mol. The van der Waals surface area contributed by atoms with Gasteiger partial charge in [-0.1, -0.05) is 30.3 Å². The number of hydrogen-bond donors (Lipinski definition) is 1. The minimum Gasteiger partial charge on any atom is -0.350 e. The highest BCUT2D eigenvalue weighted by Gasteiger charge is 2.28. The molecular weight excluding hydrogens is 348 g/mol. The van der Waals surface area contributed by atoms with Gasteiger partial charge in [0.25, 0.3) is 5.91 Å². The molecule has 1 atom stereocenters. The fourth-order valence-electron chi connectivity index (χ4n) is 3.12. The van der Waals surface area contributed by atoms with Crippen molar-refractivity contribution in [3.63, 3.8) is 0 Å². The van der Waals surface area contributed by atoms with Crippen LogP contribution in [0.4, 0.5) is 5.69 Å². The Kier molecular flexibility index (Phi) is 5.61. The molecule has 0 bridgehead atoms. The molecule has 26 heavy (non-hydrogen) atoms. The summed E-state index contributed by atoms with van der Waals surface area (Å²) in [6, 6.07) is 17.0. The van der Waals surface area contributed by atoms with Crippen molar-refractivity contribution >= 4 is 21.6 Å². The predicted octanol–water partition coefficient (Wildman–Crippen LogP) is 2.98. The third-order valence-corrected chi connectivity index (χ3v) is 6.47. The Labute approximate surface area is 155 Å². The van der Waals surface area contributed by atoms with E-state index < -0.39 is 10.0 Å². The molecule has 2 aromatic carbocycles. The van der Waals surface area contributed by atoms with Crippen LogP contribution < -0.4 is 9.62 Å². The van der Waals surface area contributed by atoms with E-state index >= 15 is 0 Å². The molecule has 1 N–H and O–H groups in total. The summed E-state index contributed by atoms with van der Waals surface area (Å²) in [7, 11) is -3.19. The summed E-state index contributed by atoms with van der Waals surface area (Å²) in [5.74, 6) is 0.0511. The first kappa shape index (κ1) is 18.5. The molecule has 138 valence electrons. The number of anilines is 1. The summed E-state index contributed by atoms with van der Waals surface area (Å²) in [6.07, 6.45) is 2.41. The van der Waals surface area contributed by atoms with Gasteiger partial charge in [0.2, 0.25) is 10.0 Å². The molecule has 6 heteroatoms. The van der Waals surface area contributed by atoms with Crippen LogP contribution >= 0.6 is 0 Å². The number of hydrogen-bond acceptors (Lipinski definition) is 3. The number of aryl methyl sites for hydroxylation is 1. The number of carbonyl (C=O) groups is 1. The van der Waals surface area contributed by atoms with Crippen molar-refractivity contribution in [2.75, 3.05) is 16.6 Å². The van der Waals surface area contributed by atoms with Gasteiger partial charge in [0.05, 0.1) is 11.4 Å². The maximum atomic E-state index is 12.4. The molecule has 3 rings (SSSR count). The first-order valence-electron chi connectivity index (χ1n) is 8.91. The summed E-state index contributed by atoms with van der Waals surface area (Å²) < 4.78 is 25.3. The first-order valence-corrected chi connectivity index (χ1v) is 10.5. The lowest BCUT2D eigenvalue weighted by Crippen LogP contribution is -2.33. The molecule has 1 aliphatic rings. The summed E-state index contributed by atoms with van der Waals surface area (Å²) in [5, 5.41) is 3.00. The van der Waals surface area contributed by atoms with Gasteiger partial charge in [0, 0.05) is 18.2 Å². The van der Waals surface area contributed by atoms with Crippen molar-refractivity contribution < 1.29 is 13.2 Å². The molecule has 0 radical (unpaired) electrons. The smallest absolute Gasteiger partial charge is 0.251 e. The van der Waals surface area contributed by atoms with E-state index in [2.05, 4.69) is 17.4 Å². The Morgan fingerprint density at radius 3 is 2.42 bits per heavy atom. The van der Waals surface area contributed by atoms with E-state index in [1.807, 2.05) is 25.1 Å². The number of amides is 1. The normalized spacial score (nSPS) is 17.0. The Bertz CT molecular complexity index is 848. The highest BCUT2D eigenvalue weighted by atomic mass is 32.2. The van der Waals surface area contributed by atoms with E-state index in [1.165, 1.54) is 9.87 Å². The summed E-state index contributed by atoms with van der Waals surface area (Å²) in [6.45, 7) is 2.50. The van der Waals surface area contributed by atoms with Crippen LogP contribution in [-0.4, -0.2) is 32.7 Å². The van der Waals surface area contributed by atoms with Crippen LogP contribution in [-0.2, 0) is 16.4 Å². The van der Waals surface area contributed by atoms with Crippen LogP contribution in [0.25, 0.3) is 0 Å². The van der Waals surface area contributed by atoms with E-state index in [-0.39, 0.29) is 17.7 Å². The second-order valence-electron chi connectivity index (χ2n) is 6.69. The van der Waals surface area contributed by atoms with Gasteiger partial charge in [0.15, 0.2) is 0 Å². The molecule has 1 aliphatic heterocycles. The first-order chi connectivity index (χ1) is 12.5. The molecule has 1 amide bonds. The zero-order valence-corrected chi connectivity index (χ0v) is 15.7. The van der Waals surface area contributed by atoms with Crippen LogP contribution in [0.1, 0.15) is 35.7 Å². The quantitative estimate of drug-likeness (QED) is 0.848. The topological polar surface area (TPSA) is 66.5 Å². The lowest BCUT2D eigenvalue weighted by Gasteiger charge is -2.17. The predicted molar refractivity (Wildman–Crippen MR) is 104 cm³/mol. The largest absolute Gasteiger partial charge is 0.350 e. The van der Waals surface area contributed by atoms with Crippen LogP contribution in [0.5, 0.6) is 0 Å². The van der Waals surface area contributed by atoms with Gasteiger partial charge in [-0.05, 0) is 56.0 Å². The molecular formula is C20H24N2O3S.